The lowest BCUT2D eigenvalue weighted by atomic mass is 9.92. The molecule has 0 radical (unpaired) electrons. The van der Waals surface area contributed by atoms with Gasteiger partial charge >= 0.3 is 0 Å². The van der Waals surface area contributed by atoms with Gasteiger partial charge in [-0.2, -0.15) is 0 Å². The fraction of sp³-hybridized carbons (Fsp3) is 0.571. The van der Waals surface area contributed by atoms with Crippen LogP contribution in [0.4, 0.5) is 10.1 Å². The van der Waals surface area contributed by atoms with Crippen molar-refractivity contribution in [2.75, 3.05) is 19.5 Å². The van der Waals surface area contributed by atoms with Crippen molar-refractivity contribution >= 4 is 5.69 Å². The summed E-state index contributed by atoms with van der Waals surface area (Å²) in [5.74, 6) is -0.0550. The molecule has 0 spiro atoms. The highest BCUT2D eigenvalue weighted by Gasteiger charge is 2.21. The highest BCUT2D eigenvalue weighted by atomic mass is 19.1. The lowest BCUT2D eigenvalue weighted by Crippen LogP contribution is -2.31. The second-order valence-corrected chi connectivity index (χ2v) is 4.71. The molecule has 0 saturated heterocycles. The Hall–Kier alpha value is -1.29. The van der Waals surface area contributed by atoms with E-state index in [1.807, 2.05) is 6.07 Å². The first-order chi connectivity index (χ1) is 8.72. The molecule has 0 amide bonds. The third-order valence-corrected chi connectivity index (χ3v) is 3.48. The van der Waals surface area contributed by atoms with Gasteiger partial charge in [0.2, 0.25) is 0 Å². The third kappa shape index (κ3) is 3.13. The molecule has 1 aliphatic rings. The van der Waals surface area contributed by atoms with E-state index in [0.717, 1.165) is 31.4 Å². The molecule has 0 aliphatic heterocycles. The largest absolute Gasteiger partial charge is 0.494 e. The van der Waals surface area contributed by atoms with E-state index >= 15 is 0 Å². The van der Waals surface area contributed by atoms with Crippen LogP contribution < -0.4 is 10.1 Å². The zero-order chi connectivity index (χ0) is 13.0. The monoisotopic (exact) mass is 253 g/mol. The summed E-state index contributed by atoms with van der Waals surface area (Å²) in [6.07, 6.45) is 4.66. The zero-order valence-corrected chi connectivity index (χ0v) is 10.9. The topological polar surface area (TPSA) is 30.5 Å². The van der Waals surface area contributed by atoms with E-state index < -0.39 is 0 Å². The predicted octanol–water partition coefficient (Wildman–Crippen LogP) is 3.20. The fourth-order valence-corrected chi connectivity index (χ4v) is 2.48. The van der Waals surface area contributed by atoms with Gasteiger partial charge in [0.1, 0.15) is 0 Å². The van der Waals surface area contributed by atoms with Crippen molar-refractivity contribution in [3.63, 3.8) is 0 Å². The van der Waals surface area contributed by atoms with Crippen molar-refractivity contribution in [3.8, 4) is 5.75 Å². The molecule has 0 aromatic heterocycles. The van der Waals surface area contributed by atoms with E-state index in [-0.39, 0.29) is 11.6 Å². The Morgan fingerprint density at radius 1 is 1.28 bits per heavy atom. The van der Waals surface area contributed by atoms with Crippen LogP contribution in [0.1, 0.15) is 25.7 Å². The van der Waals surface area contributed by atoms with Gasteiger partial charge in [0.25, 0.3) is 0 Å². The Balaban J connectivity index is 1.98. The molecule has 18 heavy (non-hydrogen) atoms. The van der Waals surface area contributed by atoms with E-state index in [1.165, 1.54) is 13.2 Å². The van der Waals surface area contributed by atoms with E-state index in [4.69, 9.17) is 9.47 Å². The minimum absolute atomic E-state index is 0.277. The molecular weight excluding hydrogens is 233 g/mol. The maximum atomic E-state index is 13.6. The molecule has 100 valence electrons. The summed E-state index contributed by atoms with van der Waals surface area (Å²) < 4.78 is 23.8. The van der Waals surface area contributed by atoms with Gasteiger partial charge in [0.15, 0.2) is 11.6 Å². The quantitative estimate of drug-likeness (QED) is 0.893. The second-order valence-electron chi connectivity index (χ2n) is 4.71. The Kier molecular flexibility index (Phi) is 4.42. The molecule has 1 aromatic carbocycles. The van der Waals surface area contributed by atoms with Gasteiger partial charge in [-0.1, -0.05) is 0 Å². The standard InChI is InChI=1S/C14H20FNO2/c1-17-12-5-3-4-10(8-12)16-11-6-7-14(18-2)13(15)9-11/h6-7,9-10,12,16H,3-5,8H2,1-2H3. The molecule has 1 aromatic rings. The number of methoxy groups -OCH3 is 2. The molecule has 4 heteroatoms. The van der Waals surface area contributed by atoms with Crippen molar-refractivity contribution in [1.82, 2.24) is 0 Å². The van der Waals surface area contributed by atoms with Crippen LogP contribution in [0.25, 0.3) is 0 Å². The van der Waals surface area contributed by atoms with Crippen LogP contribution >= 0.6 is 0 Å². The second kappa shape index (κ2) is 6.05. The summed E-state index contributed by atoms with van der Waals surface area (Å²) in [6, 6.07) is 5.33. The molecule has 0 bridgehead atoms. The highest BCUT2D eigenvalue weighted by molar-refractivity contribution is 5.48. The average molecular weight is 253 g/mol. The highest BCUT2D eigenvalue weighted by Crippen LogP contribution is 2.26. The number of hydrogen-bond donors (Lipinski definition) is 1. The first-order valence-corrected chi connectivity index (χ1v) is 6.36. The average Bonchev–Trinajstić information content (AvgIpc) is 2.39. The first-order valence-electron chi connectivity index (χ1n) is 6.36. The maximum absolute atomic E-state index is 13.6. The van der Waals surface area contributed by atoms with Crippen LogP contribution in [0.2, 0.25) is 0 Å². The van der Waals surface area contributed by atoms with E-state index in [9.17, 15) is 4.39 Å². The van der Waals surface area contributed by atoms with Gasteiger partial charge in [0.05, 0.1) is 13.2 Å². The van der Waals surface area contributed by atoms with Gasteiger partial charge in [-0.05, 0) is 37.8 Å². The zero-order valence-electron chi connectivity index (χ0n) is 10.9. The van der Waals surface area contributed by atoms with E-state index in [2.05, 4.69) is 5.32 Å². The number of benzene rings is 1. The normalized spacial score (nSPS) is 23.7. The van der Waals surface area contributed by atoms with Crippen LogP contribution in [-0.2, 0) is 4.74 Å². The SMILES string of the molecule is COc1ccc(NC2CCCC(OC)C2)cc1F. The van der Waals surface area contributed by atoms with Crippen molar-refractivity contribution < 1.29 is 13.9 Å². The van der Waals surface area contributed by atoms with Crippen LogP contribution in [0.5, 0.6) is 5.75 Å². The first kappa shape index (κ1) is 13.1. The Morgan fingerprint density at radius 3 is 2.78 bits per heavy atom. The molecular formula is C14H20FNO2. The Morgan fingerprint density at radius 2 is 2.11 bits per heavy atom. The van der Waals surface area contributed by atoms with Crippen molar-refractivity contribution in [2.24, 2.45) is 0 Å². The minimum Gasteiger partial charge on any atom is -0.494 e. The lowest BCUT2D eigenvalue weighted by Gasteiger charge is -2.29. The number of ether oxygens (including phenoxy) is 2. The van der Waals surface area contributed by atoms with Crippen molar-refractivity contribution in [2.45, 2.75) is 37.8 Å². The summed E-state index contributed by atoms with van der Waals surface area (Å²) in [6.45, 7) is 0. The molecule has 1 saturated carbocycles. The Labute approximate surface area is 107 Å². The number of rotatable bonds is 4. The predicted molar refractivity (Wildman–Crippen MR) is 69.6 cm³/mol. The fourth-order valence-electron chi connectivity index (χ4n) is 2.48. The van der Waals surface area contributed by atoms with Crippen molar-refractivity contribution in [3.05, 3.63) is 24.0 Å². The van der Waals surface area contributed by atoms with Crippen LogP contribution in [0.3, 0.4) is 0 Å². The Bertz CT molecular complexity index is 397. The van der Waals surface area contributed by atoms with Crippen molar-refractivity contribution in [1.29, 1.82) is 0 Å². The van der Waals surface area contributed by atoms with Gasteiger partial charge in [0, 0.05) is 24.9 Å². The smallest absolute Gasteiger partial charge is 0.167 e. The van der Waals surface area contributed by atoms with Crippen LogP contribution in [0.15, 0.2) is 18.2 Å². The molecule has 1 fully saturated rings. The molecule has 2 unspecified atom stereocenters. The molecule has 2 atom stereocenters. The van der Waals surface area contributed by atoms with Gasteiger partial charge in [-0.15, -0.1) is 0 Å². The van der Waals surface area contributed by atoms with Gasteiger partial charge < -0.3 is 14.8 Å². The number of anilines is 1. The van der Waals surface area contributed by atoms with Crippen LogP contribution in [0, 0.1) is 5.82 Å². The number of hydrogen-bond acceptors (Lipinski definition) is 3. The maximum Gasteiger partial charge on any atom is 0.167 e. The summed E-state index contributed by atoms with van der Waals surface area (Å²) in [5, 5.41) is 3.36. The van der Waals surface area contributed by atoms with Crippen LogP contribution in [-0.4, -0.2) is 26.4 Å². The summed E-state index contributed by atoms with van der Waals surface area (Å²) in [5.41, 5.74) is 0.801. The van der Waals surface area contributed by atoms with Gasteiger partial charge in [-0.3, -0.25) is 0 Å². The van der Waals surface area contributed by atoms with E-state index in [0.29, 0.717) is 12.1 Å². The lowest BCUT2D eigenvalue weighted by molar-refractivity contribution is 0.0669. The molecule has 1 N–H and O–H groups in total. The minimum atomic E-state index is -0.332. The third-order valence-electron chi connectivity index (χ3n) is 3.48. The van der Waals surface area contributed by atoms with E-state index in [1.54, 1.807) is 13.2 Å². The molecule has 0 heterocycles. The summed E-state index contributed by atoms with van der Waals surface area (Å²) >= 11 is 0. The number of nitrogens with one attached hydrogen (secondary N) is 1. The summed E-state index contributed by atoms with van der Waals surface area (Å²) in [7, 11) is 3.22. The molecule has 3 nitrogen and oxygen atoms in total. The van der Waals surface area contributed by atoms with Gasteiger partial charge in [-0.25, -0.2) is 4.39 Å². The molecule has 2 rings (SSSR count). The molecule has 1 aliphatic carbocycles. The summed E-state index contributed by atoms with van der Waals surface area (Å²) in [4.78, 5) is 0. The number of halogens is 1.